The van der Waals surface area contributed by atoms with Crippen molar-refractivity contribution in [2.24, 2.45) is 30.7 Å². The predicted molar refractivity (Wildman–Crippen MR) is 99.3 cm³/mol. The Kier molecular flexibility index (Phi) is 4.09. The van der Waals surface area contributed by atoms with Gasteiger partial charge in [-0.15, -0.1) is 0 Å². The van der Waals surface area contributed by atoms with Crippen LogP contribution >= 0.6 is 0 Å². The van der Waals surface area contributed by atoms with Crippen LogP contribution < -0.4 is 15.0 Å². The maximum atomic E-state index is 12.7. The summed E-state index contributed by atoms with van der Waals surface area (Å²) in [5.74, 6) is 4.68. The molecule has 1 aliphatic heterocycles. The zero-order valence-corrected chi connectivity index (χ0v) is 15.7. The molecule has 0 radical (unpaired) electrons. The highest BCUT2D eigenvalue weighted by atomic mass is 16.6. The summed E-state index contributed by atoms with van der Waals surface area (Å²) >= 11 is 0. The first-order valence-corrected chi connectivity index (χ1v) is 10.4. The van der Waals surface area contributed by atoms with Gasteiger partial charge in [-0.1, -0.05) is 0 Å². The Labute approximate surface area is 155 Å². The second-order valence-corrected chi connectivity index (χ2v) is 8.99. The van der Waals surface area contributed by atoms with Crippen molar-refractivity contribution in [1.29, 1.82) is 0 Å². The number of hydrogen-bond donors (Lipinski definition) is 1. The second-order valence-electron chi connectivity index (χ2n) is 8.99. The van der Waals surface area contributed by atoms with Crippen molar-refractivity contribution in [3.8, 4) is 5.75 Å². The van der Waals surface area contributed by atoms with Gasteiger partial charge >= 0.3 is 6.09 Å². The minimum absolute atomic E-state index is 0.297. The van der Waals surface area contributed by atoms with Gasteiger partial charge in [-0.05, 0) is 75.0 Å². The zero-order valence-electron chi connectivity index (χ0n) is 15.7. The number of aromatic nitrogens is 2. The average Bonchev–Trinajstić information content (AvgIpc) is 2.98. The fourth-order valence-corrected chi connectivity index (χ4v) is 6.38. The molecule has 0 spiro atoms. The number of rotatable bonds is 3. The fraction of sp³-hybridized carbons (Fsp3) is 0.800. The van der Waals surface area contributed by atoms with Crippen LogP contribution in [0.5, 0.6) is 5.75 Å². The maximum Gasteiger partial charge on any atom is 0.413 e. The van der Waals surface area contributed by atoms with Crippen molar-refractivity contribution in [3.63, 3.8) is 0 Å². The first-order chi connectivity index (χ1) is 12.7. The Balaban J connectivity index is 1.26. The molecule has 1 amide bonds. The van der Waals surface area contributed by atoms with E-state index in [0.717, 1.165) is 30.7 Å². The highest BCUT2D eigenvalue weighted by Crippen LogP contribution is 2.53. The number of piperidine rings is 1. The molecule has 6 heteroatoms. The lowest BCUT2D eigenvalue weighted by Crippen LogP contribution is -2.56. The lowest BCUT2D eigenvalue weighted by molar-refractivity contribution is -0.0114. The highest BCUT2D eigenvalue weighted by Gasteiger charge is 2.48. The molecule has 6 nitrogen and oxygen atoms in total. The smallest absolute Gasteiger partial charge is 0.405 e. The standard InChI is InChI=1S/C20H30N4O2/c1-23-19(24-5-3-2-4-6-24)17(12-21-23)26-20(25)22-18-15-8-13-7-14(10-15)11-16(18)9-13/h12-16,18H,2-11H2,1H3,(H,22,25). The Bertz CT molecular complexity index is 651. The van der Waals surface area contributed by atoms with E-state index in [4.69, 9.17) is 4.74 Å². The van der Waals surface area contributed by atoms with E-state index in [1.807, 2.05) is 11.7 Å². The first-order valence-electron chi connectivity index (χ1n) is 10.4. The Morgan fingerprint density at radius 1 is 1.08 bits per heavy atom. The number of ether oxygens (including phenoxy) is 1. The van der Waals surface area contributed by atoms with E-state index in [2.05, 4.69) is 15.3 Å². The number of nitrogens with zero attached hydrogens (tertiary/aromatic N) is 3. The van der Waals surface area contributed by atoms with Gasteiger partial charge in [-0.2, -0.15) is 5.10 Å². The third-order valence-corrected chi connectivity index (χ3v) is 7.24. The number of amides is 1. The maximum absolute atomic E-state index is 12.7. The van der Waals surface area contributed by atoms with E-state index in [1.165, 1.54) is 51.4 Å². The van der Waals surface area contributed by atoms with Crippen molar-refractivity contribution >= 4 is 11.9 Å². The Hall–Kier alpha value is -1.72. The molecule has 1 aromatic rings. The molecule has 0 aromatic carbocycles. The van der Waals surface area contributed by atoms with Gasteiger partial charge in [0.25, 0.3) is 0 Å². The van der Waals surface area contributed by atoms with Crippen LogP contribution in [0.25, 0.3) is 0 Å². The molecule has 1 aromatic heterocycles. The third kappa shape index (κ3) is 2.87. The van der Waals surface area contributed by atoms with Gasteiger partial charge in [0, 0.05) is 26.2 Å². The second kappa shape index (κ2) is 6.46. The van der Waals surface area contributed by atoms with Gasteiger partial charge in [0.1, 0.15) is 0 Å². The highest BCUT2D eigenvalue weighted by molar-refractivity contribution is 5.73. The molecule has 4 saturated carbocycles. The van der Waals surface area contributed by atoms with Crippen LogP contribution in [0.3, 0.4) is 0 Å². The molecule has 4 aliphatic carbocycles. The molecule has 0 atom stereocenters. The first kappa shape index (κ1) is 16.5. The van der Waals surface area contributed by atoms with Crippen LogP contribution in [0.1, 0.15) is 51.4 Å². The Morgan fingerprint density at radius 3 is 2.38 bits per heavy atom. The molecular weight excluding hydrogens is 328 g/mol. The number of carbonyl (C=O) groups excluding carboxylic acids is 1. The van der Waals surface area contributed by atoms with E-state index in [-0.39, 0.29) is 6.09 Å². The summed E-state index contributed by atoms with van der Waals surface area (Å²) in [7, 11) is 1.92. The number of hydrogen-bond acceptors (Lipinski definition) is 4. The zero-order chi connectivity index (χ0) is 17.7. The number of anilines is 1. The van der Waals surface area contributed by atoms with Crippen molar-refractivity contribution < 1.29 is 9.53 Å². The summed E-state index contributed by atoms with van der Waals surface area (Å²) in [5.41, 5.74) is 0. The van der Waals surface area contributed by atoms with Gasteiger partial charge in [0.05, 0.1) is 6.20 Å². The van der Waals surface area contributed by atoms with Gasteiger partial charge in [0.2, 0.25) is 0 Å². The molecule has 5 aliphatic rings. The van der Waals surface area contributed by atoms with Crippen LogP contribution in [0.4, 0.5) is 10.6 Å². The summed E-state index contributed by atoms with van der Waals surface area (Å²) in [6.07, 6.45) is 11.6. The minimum atomic E-state index is -0.297. The minimum Gasteiger partial charge on any atom is -0.405 e. The van der Waals surface area contributed by atoms with E-state index in [1.54, 1.807) is 6.20 Å². The molecule has 142 valence electrons. The molecule has 1 saturated heterocycles. The normalized spacial score (nSPS) is 35.6. The van der Waals surface area contributed by atoms with Crippen LogP contribution in [-0.2, 0) is 7.05 Å². The van der Waals surface area contributed by atoms with Gasteiger partial charge in [-0.25, -0.2) is 9.48 Å². The SMILES string of the molecule is Cn1ncc(OC(=O)NC2C3CC4CC(C3)CC2C4)c1N1CCCCC1. The van der Waals surface area contributed by atoms with Crippen molar-refractivity contribution in [2.75, 3.05) is 18.0 Å². The summed E-state index contributed by atoms with van der Waals surface area (Å²) in [4.78, 5) is 15.0. The summed E-state index contributed by atoms with van der Waals surface area (Å²) in [5, 5.41) is 7.57. The van der Waals surface area contributed by atoms with Crippen molar-refractivity contribution in [2.45, 2.75) is 57.4 Å². The lowest BCUT2D eigenvalue weighted by Gasteiger charge is -2.54. The molecule has 26 heavy (non-hydrogen) atoms. The van der Waals surface area contributed by atoms with E-state index in [0.29, 0.717) is 23.6 Å². The lowest BCUT2D eigenvalue weighted by atomic mass is 9.54. The third-order valence-electron chi connectivity index (χ3n) is 7.24. The topological polar surface area (TPSA) is 59.4 Å². The van der Waals surface area contributed by atoms with E-state index < -0.39 is 0 Å². The van der Waals surface area contributed by atoms with E-state index in [9.17, 15) is 4.79 Å². The van der Waals surface area contributed by atoms with Crippen LogP contribution in [0.2, 0.25) is 0 Å². The number of nitrogens with one attached hydrogen (secondary N) is 1. The average molecular weight is 358 g/mol. The molecule has 5 fully saturated rings. The van der Waals surface area contributed by atoms with Crippen molar-refractivity contribution in [3.05, 3.63) is 6.20 Å². The monoisotopic (exact) mass is 358 g/mol. The van der Waals surface area contributed by atoms with Crippen LogP contribution in [0, 0.1) is 23.7 Å². The molecule has 0 unspecified atom stereocenters. The molecule has 1 N–H and O–H groups in total. The van der Waals surface area contributed by atoms with Crippen molar-refractivity contribution in [1.82, 2.24) is 15.1 Å². The molecule has 4 bridgehead atoms. The summed E-state index contributed by atoms with van der Waals surface area (Å²) in [6.45, 7) is 2.01. The van der Waals surface area contributed by atoms with Gasteiger partial charge in [-0.3, -0.25) is 0 Å². The van der Waals surface area contributed by atoms with Gasteiger partial charge in [0.15, 0.2) is 11.6 Å². The number of aryl methyl sites for hydroxylation is 1. The molecule has 6 rings (SSSR count). The van der Waals surface area contributed by atoms with Gasteiger partial charge < -0.3 is 15.0 Å². The predicted octanol–water partition coefficient (Wildman–Crippen LogP) is 3.32. The van der Waals surface area contributed by atoms with E-state index >= 15 is 0 Å². The quantitative estimate of drug-likeness (QED) is 0.900. The molecular formula is C20H30N4O2. The molecule has 2 heterocycles. The largest absolute Gasteiger partial charge is 0.413 e. The number of carbonyl (C=O) groups is 1. The summed E-state index contributed by atoms with van der Waals surface area (Å²) < 4.78 is 7.58. The van der Waals surface area contributed by atoms with Crippen LogP contribution in [0.15, 0.2) is 6.20 Å². The fourth-order valence-electron chi connectivity index (χ4n) is 6.38. The Morgan fingerprint density at radius 2 is 1.73 bits per heavy atom. The summed E-state index contributed by atoms with van der Waals surface area (Å²) in [6, 6.07) is 0.311. The van der Waals surface area contributed by atoms with Crippen LogP contribution in [-0.4, -0.2) is 35.0 Å².